The molecule has 4 heteroatoms. The van der Waals surface area contributed by atoms with Crippen molar-refractivity contribution in [3.05, 3.63) is 30.1 Å². The molecule has 0 bridgehead atoms. The van der Waals surface area contributed by atoms with E-state index in [1.165, 1.54) is 0 Å². The Balaban J connectivity index is 2.25. The van der Waals surface area contributed by atoms with Crippen LogP contribution >= 0.6 is 0 Å². The molecule has 1 rings (SSSR count). The average molecular weight is 207 g/mol. The summed E-state index contributed by atoms with van der Waals surface area (Å²) >= 11 is 0. The summed E-state index contributed by atoms with van der Waals surface area (Å²) in [5, 5.41) is 6.05. The highest BCUT2D eigenvalue weighted by Gasteiger charge is 2.02. The van der Waals surface area contributed by atoms with Gasteiger partial charge in [0.05, 0.1) is 0 Å². The van der Waals surface area contributed by atoms with Gasteiger partial charge in [0.2, 0.25) is 0 Å². The van der Waals surface area contributed by atoms with E-state index in [-0.39, 0.29) is 5.91 Å². The van der Waals surface area contributed by atoms with E-state index in [1.54, 1.807) is 24.5 Å². The van der Waals surface area contributed by atoms with Gasteiger partial charge in [0.15, 0.2) is 0 Å². The number of carbonyl (C=O) groups excluding carboxylic acids is 1. The van der Waals surface area contributed by atoms with Crippen molar-refractivity contribution in [1.82, 2.24) is 15.6 Å². The normalized spacial score (nSPS) is 10.3. The Morgan fingerprint density at radius 2 is 2.00 bits per heavy atom. The third-order valence-corrected chi connectivity index (χ3v) is 1.91. The fraction of sp³-hybridized carbons (Fsp3) is 0.455. The average Bonchev–Trinajstić information content (AvgIpc) is 2.25. The van der Waals surface area contributed by atoms with E-state index in [0.29, 0.717) is 18.2 Å². The maximum atomic E-state index is 11.5. The van der Waals surface area contributed by atoms with E-state index in [9.17, 15) is 4.79 Å². The van der Waals surface area contributed by atoms with Crippen LogP contribution in [0.3, 0.4) is 0 Å². The molecule has 0 fully saturated rings. The van der Waals surface area contributed by atoms with Crippen molar-refractivity contribution in [2.75, 3.05) is 13.1 Å². The first-order valence-electron chi connectivity index (χ1n) is 5.12. The molecule has 0 atom stereocenters. The fourth-order valence-corrected chi connectivity index (χ4v) is 1.14. The summed E-state index contributed by atoms with van der Waals surface area (Å²) in [4.78, 5) is 15.4. The highest BCUT2D eigenvalue weighted by Crippen LogP contribution is 1.94. The van der Waals surface area contributed by atoms with Crippen molar-refractivity contribution in [2.45, 2.75) is 19.9 Å². The molecule has 0 saturated heterocycles. The Morgan fingerprint density at radius 3 is 2.60 bits per heavy atom. The standard InChI is InChI=1S/C11H17N3O/c1-9(2)13-7-8-14-11(15)10-3-5-12-6-4-10/h3-6,9,13H,7-8H2,1-2H3,(H,14,15). The zero-order valence-electron chi connectivity index (χ0n) is 9.16. The van der Waals surface area contributed by atoms with E-state index in [2.05, 4.69) is 29.5 Å². The Morgan fingerprint density at radius 1 is 1.33 bits per heavy atom. The lowest BCUT2D eigenvalue weighted by Gasteiger charge is -2.08. The first-order chi connectivity index (χ1) is 7.20. The third kappa shape index (κ3) is 4.56. The van der Waals surface area contributed by atoms with Gasteiger partial charge in [-0.05, 0) is 12.1 Å². The van der Waals surface area contributed by atoms with Crippen molar-refractivity contribution in [1.29, 1.82) is 0 Å². The maximum absolute atomic E-state index is 11.5. The van der Waals surface area contributed by atoms with Gasteiger partial charge < -0.3 is 10.6 Å². The smallest absolute Gasteiger partial charge is 0.251 e. The zero-order chi connectivity index (χ0) is 11.1. The molecule has 0 spiro atoms. The molecular formula is C11H17N3O. The minimum atomic E-state index is -0.0528. The number of hydrogen-bond acceptors (Lipinski definition) is 3. The molecule has 0 aliphatic rings. The van der Waals surface area contributed by atoms with Gasteiger partial charge in [-0.1, -0.05) is 13.8 Å². The van der Waals surface area contributed by atoms with E-state index < -0.39 is 0 Å². The number of carbonyl (C=O) groups is 1. The van der Waals surface area contributed by atoms with Gasteiger partial charge in [0.1, 0.15) is 0 Å². The molecule has 2 N–H and O–H groups in total. The van der Waals surface area contributed by atoms with Crippen LogP contribution in [0, 0.1) is 0 Å². The van der Waals surface area contributed by atoms with Crippen LogP contribution in [0.4, 0.5) is 0 Å². The van der Waals surface area contributed by atoms with Gasteiger partial charge in [-0.2, -0.15) is 0 Å². The molecule has 1 heterocycles. The largest absolute Gasteiger partial charge is 0.351 e. The fourth-order valence-electron chi connectivity index (χ4n) is 1.14. The molecule has 1 amide bonds. The number of aromatic nitrogens is 1. The Kier molecular flexibility index (Phi) is 4.77. The summed E-state index contributed by atoms with van der Waals surface area (Å²) in [6.07, 6.45) is 3.22. The number of pyridine rings is 1. The summed E-state index contributed by atoms with van der Waals surface area (Å²) in [5.74, 6) is -0.0528. The summed E-state index contributed by atoms with van der Waals surface area (Å²) in [5.41, 5.74) is 0.648. The van der Waals surface area contributed by atoms with Gasteiger partial charge in [0, 0.05) is 37.1 Å². The summed E-state index contributed by atoms with van der Waals surface area (Å²) in [7, 11) is 0. The van der Waals surface area contributed by atoms with Gasteiger partial charge >= 0.3 is 0 Å². The lowest BCUT2D eigenvalue weighted by molar-refractivity contribution is 0.0953. The van der Waals surface area contributed by atoms with Crippen molar-refractivity contribution >= 4 is 5.91 Å². The number of hydrogen-bond donors (Lipinski definition) is 2. The molecule has 0 aromatic carbocycles. The van der Waals surface area contributed by atoms with Crippen molar-refractivity contribution < 1.29 is 4.79 Å². The number of nitrogens with one attached hydrogen (secondary N) is 2. The van der Waals surface area contributed by atoms with E-state index in [4.69, 9.17) is 0 Å². The minimum Gasteiger partial charge on any atom is -0.351 e. The summed E-state index contributed by atoms with van der Waals surface area (Å²) in [6, 6.07) is 3.85. The lowest BCUT2D eigenvalue weighted by atomic mass is 10.2. The summed E-state index contributed by atoms with van der Waals surface area (Å²) < 4.78 is 0. The molecule has 0 aliphatic heterocycles. The van der Waals surface area contributed by atoms with Crippen molar-refractivity contribution in [3.8, 4) is 0 Å². The van der Waals surface area contributed by atoms with Gasteiger partial charge in [-0.3, -0.25) is 9.78 Å². The Hall–Kier alpha value is -1.42. The van der Waals surface area contributed by atoms with Crippen molar-refractivity contribution in [2.24, 2.45) is 0 Å². The molecule has 0 saturated carbocycles. The SMILES string of the molecule is CC(C)NCCNC(=O)c1ccncc1. The van der Waals surface area contributed by atoms with Crippen LogP contribution in [-0.2, 0) is 0 Å². The second-order valence-corrected chi connectivity index (χ2v) is 3.60. The van der Waals surface area contributed by atoms with E-state index in [0.717, 1.165) is 6.54 Å². The van der Waals surface area contributed by atoms with Crippen LogP contribution in [0.5, 0.6) is 0 Å². The number of nitrogens with zero attached hydrogens (tertiary/aromatic N) is 1. The summed E-state index contributed by atoms with van der Waals surface area (Å²) in [6.45, 7) is 5.57. The third-order valence-electron chi connectivity index (χ3n) is 1.91. The molecular weight excluding hydrogens is 190 g/mol. The molecule has 1 aromatic rings. The quantitative estimate of drug-likeness (QED) is 0.702. The molecule has 15 heavy (non-hydrogen) atoms. The van der Waals surface area contributed by atoms with Crippen LogP contribution in [0.1, 0.15) is 24.2 Å². The molecule has 0 radical (unpaired) electrons. The van der Waals surface area contributed by atoms with Crippen LogP contribution in [0.25, 0.3) is 0 Å². The van der Waals surface area contributed by atoms with E-state index >= 15 is 0 Å². The maximum Gasteiger partial charge on any atom is 0.251 e. The molecule has 0 unspecified atom stereocenters. The predicted molar refractivity (Wildman–Crippen MR) is 59.7 cm³/mol. The van der Waals surface area contributed by atoms with Gasteiger partial charge in [0.25, 0.3) is 5.91 Å². The van der Waals surface area contributed by atoms with Gasteiger partial charge in [-0.15, -0.1) is 0 Å². The lowest BCUT2D eigenvalue weighted by Crippen LogP contribution is -2.34. The molecule has 0 aliphatic carbocycles. The molecule has 82 valence electrons. The van der Waals surface area contributed by atoms with E-state index in [1.807, 2.05) is 0 Å². The van der Waals surface area contributed by atoms with Crippen LogP contribution in [0.15, 0.2) is 24.5 Å². The van der Waals surface area contributed by atoms with Crippen LogP contribution in [-0.4, -0.2) is 30.0 Å². The topological polar surface area (TPSA) is 54.0 Å². The first-order valence-corrected chi connectivity index (χ1v) is 5.12. The second kappa shape index (κ2) is 6.14. The Labute approximate surface area is 90.1 Å². The molecule has 4 nitrogen and oxygen atoms in total. The highest BCUT2D eigenvalue weighted by molar-refractivity contribution is 5.93. The first kappa shape index (κ1) is 11.7. The van der Waals surface area contributed by atoms with Crippen molar-refractivity contribution in [3.63, 3.8) is 0 Å². The van der Waals surface area contributed by atoms with Crippen LogP contribution < -0.4 is 10.6 Å². The highest BCUT2D eigenvalue weighted by atomic mass is 16.1. The predicted octanol–water partition coefficient (Wildman–Crippen LogP) is 0.809. The van der Waals surface area contributed by atoms with Gasteiger partial charge in [-0.25, -0.2) is 0 Å². The number of amides is 1. The minimum absolute atomic E-state index is 0.0528. The molecule has 1 aromatic heterocycles. The van der Waals surface area contributed by atoms with Crippen LogP contribution in [0.2, 0.25) is 0 Å². The Bertz CT molecular complexity index is 298. The number of rotatable bonds is 5. The second-order valence-electron chi connectivity index (χ2n) is 3.60. The monoisotopic (exact) mass is 207 g/mol. The zero-order valence-corrected chi connectivity index (χ0v) is 9.16.